The fourth-order valence-corrected chi connectivity index (χ4v) is 2.80. The Morgan fingerprint density at radius 1 is 1.17 bits per heavy atom. The number of halogens is 2. The largest absolute Gasteiger partial charge is 0.370 e. The molecule has 0 saturated heterocycles. The van der Waals surface area contributed by atoms with Crippen molar-refractivity contribution in [1.29, 1.82) is 0 Å². The van der Waals surface area contributed by atoms with Gasteiger partial charge in [-0.3, -0.25) is 4.99 Å². The number of guanidine groups is 1. The minimum absolute atomic E-state index is 0. The van der Waals surface area contributed by atoms with Gasteiger partial charge in [-0.2, -0.15) is 0 Å². The topological polar surface area (TPSA) is 50.4 Å². The van der Waals surface area contributed by atoms with Gasteiger partial charge >= 0.3 is 0 Å². The number of aliphatic imine (C=N–C) groups is 1. The average Bonchev–Trinajstić information content (AvgIpc) is 3.35. The molecule has 0 atom stereocenters. The number of rotatable bonds is 5. The van der Waals surface area contributed by atoms with Crippen molar-refractivity contribution in [2.45, 2.75) is 31.6 Å². The number of hydrogen-bond acceptors (Lipinski definition) is 1. The summed E-state index contributed by atoms with van der Waals surface area (Å²) in [5.41, 5.74) is 8.75. The molecule has 2 aromatic rings. The summed E-state index contributed by atoms with van der Waals surface area (Å²) in [5, 5.41) is 3.09. The van der Waals surface area contributed by atoms with Gasteiger partial charge in [-0.25, -0.2) is 4.39 Å². The van der Waals surface area contributed by atoms with Crippen molar-refractivity contribution in [2.24, 2.45) is 10.7 Å². The predicted molar refractivity (Wildman–Crippen MR) is 109 cm³/mol. The Kier molecular flexibility index (Phi) is 6.21. The van der Waals surface area contributed by atoms with Crippen molar-refractivity contribution in [3.63, 3.8) is 0 Å². The highest BCUT2D eigenvalue weighted by Gasteiger charge is 2.45. The van der Waals surface area contributed by atoms with Crippen molar-refractivity contribution in [1.82, 2.24) is 0 Å². The molecule has 0 radical (unpaired) electrons. The van der Waals surface area contributed by atoms with E-state index in [0.717, 1.165) is 30.5 Å². The summed E-state index contributed by atoms with van der Waals surface area (Å²) >= 11 is 0. The molecule has 5 heteroatoms. The van der Waals surface area contributed by atoms with E-state index in [4.69, 9.17) is 5.73 Å². The minimum Gasteiger partial charge on any atom is -0.370 e. The number of nitrogens with zero attached hydrogens (tertiary/aromatic N) is 1. The van der Waals surface area contributed by atoms with E-state index in [-0.39, 0.29) is 35.2 Å². The summed E-state index contributed by atoms with van der Waals surface area (Å²) in [4.78, 5) is 4.43. The van der Waals surface area contributed by atoms with Crippen LogP contribution in [-0.2, 0) is 11.8 Å². The standard InChI is InChI=1S/C19H22FN3.HI/c1-2-14-7-9-15(10-8-14)23-18(21)22-13-19(11-12-19)16-5-3-4-6-17(16)20;/h3-10H,2,11-13H2,1H3,(H3,21,22,23);1H. The van der Waals surface area contributed by atoms with E-state index in [0.29, 0.717) is 12.5 Å². The molecule has 3 nitrogen and oxygen atoms in total. The smallest absolute Gasteiger partial charge is 0.193 e. The molecule has 3 N–H and O–H groups in total. The lowest BCUT2D eigenvalue weighted by Gasteiger charge is -2.14. The fourth-order valence-electron chi connectivity index (χ4n) is 2.80. The van der Waals surface area contributed by atoms with E-state index < -0.39 is 0 Å². The Morgan fingerprint density at radius 2 is 1.83 bits per heavy atom. The second-order valence-corrected chi connectivity index (χ2v) is 6.14. The maximum absolute atomic E-state index is 14.0. The Labute approximate surface area is 159 Å². The zero-order valence-electron chi connectivity index (χ0n) is 13.8. The van der Waals surface area contributed by atoms with Crippen LogP contribution in [0.4, 0.5) is 10.1 Å². The molecular weight excluding hydrogens is 416 g/mol. The summed E-state index contributed by atoms with van der Waals surface area (Å²) in [6.07, 6.45) is 2.92. The number of hydrogen-bond donors (Lipinski definition) is 2. The first-order valence-corrected chi connectivity index (χ1v) is 8.04. The molecule has 0 amide bonds. The summed E-state index contributed by atoms with van der Waals surface area (Å²) in [6.45, 7) is 2.63. The van der Waals surface area contributed by atoms with Gasteiger partial charge in [0.15, 0.2) is 5.96 Å². The molecule has 1 saturated carbocycles. The van der Waals surface area contributed by atoms with Gasteiger partial charge < -0.3 is 11.1 Å². The third-order valence-electron chi connectivity index (χ3n) is 4.49. The second kappa shape index (κ2) is 7.96. The molecular formula is C19H23FIN3. The molecule has 0 bridgehead atoms. The monoisotopic (exact) mass is 439 g/mol. The van der Waals surface area contributed by atoms with Gasteiger partial charge in [0.2, 0.25) is 0 Å². The van der Waals surface area contributed by atoms with E-state index in [1.165, 1.54) is 11.6 Å². The van der Waals surface area contributed by atoms with E-state index >= 15 is 0 Å². The Balaban J connectivity index is 0.00000208. The molecule has 1 aliphatic rings. The Bertz CT molecular complexity index is 709. The van der Waals surface area contributed by atoms with E-state index in [2.05, 4.69) is 29.4 Å². The number of nitrogens with two attached hydrogens (primary N) is 1. The number of aryl methyl sites for hydroxylation is 1. The predicted octanol–water partition coefficient (Wildman–Crippen LogP) is 4.46. The quantitative estimate of drug-likeness (QED) is 0.411. The number of anilines is 1. The first kappa shape index (κ1) is 18.7. The van der Waals surface area contributed by atoms with Crippen molar-refractivity contribution in [3.05, 3.63) is 65.5 Å². The molecule has 3 rings (SSSR count). The molecule has 0 heterocycles. The SMILES string of the molecule is CCc1ccc(NC(N)=NCC2(c3ccccc3F)CC2)cc1.I. The molecule has 0 spiro atoms. The third-order valence-corrected chi connectivity index (χ3v) is 4.49. The Hall–Kier alpha value is -1.63. The van der Waals surface area contributed by atoms with Crippen LogP contribution < -0.4 is 11.1 Å². The van der Waals surface area contributed by atoms with Gasteiger partial charge in [-0.05, 0) is 48.6 Å². The number of benzene rings is 2. The summed E-state index contributed by atoms with van der Waals surface area (Å²) in [6, 6.07) is 15.1. The van der Waals surface area contributed by atoms with Crippen molar-refractivity contribution >= 4 is 35.6 Å². The first-order chi connectivity index (χ1) is 11.1. The van der Waals surface area contributed by atoms with Gasteiger partial charge in [-0.1, -0.05) is 37.3 Å². The molecule has 24 heavy (non-hydrogen) atoms. The van der Waals surface area contributed by atoms with Gasteiger partial charge in [0.25, 0.3) is 0 Å². The summed E-state index contributed by atoms with van der Waals surface area (Å²) in [7, 11) is 0. The van der Waals surface area contributed by atoms with Crippen molar-refractivity contribution in [2.75, 3.05) is 11.9 Å². The Morgan fingerprint density at radius 3 is 2.42 bits per heavy atom. The highest BCUT2D eigenvalue weighted by Crippen LogP contribution is 2.49. The molecule has 2 aromatic carbocycles. The fraction of sp³-hybridized carbons (Fsp3) is 0.316. The molecule has 0 aliphatic heterocycles. The zero-order valence-corrected chi connectivity index (χ0v) is 16.1. The van der Waals surface area contributed by atoms with Crippen LogP contribution in [0.25, 0.3) is 0 Å². The lowest BCUT2D eigenvalue weighted by atomic mass is 9.95. The number of nitrogens with one attached hydrogen (secondary N) is 1. The maximum Gasteiger partial charge on any atom is 0.193 e. The van der Waals surface area contributed by atoms with Gasteiger partial charge in [0, 0.05) is 11.1 Å². The van der Waals surface area contributed by atoms with Gasteiger partial charge in [-0.15, -0.1) is 24.0 Å². The molecule has 1 aliphatic carbocycles. The van der Waals surface area contributed by atoms with Crippen LogP contribution in [0.2, 0.25) is 0 Å². The first-order valence-electron chi connectivity index (χ1n) is 8.04. The summed E-state index contributed by atoms with van der Waals surface area (Å²) in [5.74, 6) is 0.221. The zero-order chi connectivity index (χ0) is 16.3. The lowest BCUT2D eigenvalue weighted by molar-refractivity contribution is 0.573. The van der Waals surface area contributed by atoms with Crippen LogP contribution in [-0.4, -0.2) is 12.5 Å². The average molecular weight is 439 g/mol. The van der Waals surface area contributed by atoms with E-state index in [1.54, 1.807) is 6.07 Å². The van der Waals surface area contributed by atoms with Gasteiger partial charge in [0.05, 0.1) is 6.54 Å². The molecule has 128 valence electrons. The van der Waals surface area contributed by atoms with Crippen LogP contribution in [0.3, 0.4) is 0 Å². The minimum atomic E-state index is -0.177. The molecule has 1 fully saturated rings. The lowest BCUT2D eigenvalue weighted by Crippen LogP contribution is -2.25. The highest BCUT2D eigenvalue weighted by atomic mass is 127. The van der Waals surface area contributed by atoms with Crippen molar-refractivity contribution < 1.29 is 4.39 Å². The third kappa shape index (κ3) is 4.26. The summed E-state index contributed by atoms with van der Waals surface area (Å²) < 4.78 is 14.0. The van der Waals surface area contributed by atoms with Crippen LogP contribution in [0.15, 0.2) is 53.5 Å². The van der Waals surface area contributed by atoms with Crippen LogP contribution in [0.1, 0.15) is 30.9 Å². The van der Waals surface area contributed by atoms with Crippen molar-refractivity contribution in [3.8, 4) is 0 Å². The van der Waals surface area contributed by atoms with Crippen LogP contribution >= 0.6 is 24.0 Å². The van der Waals surface area contributed by atoms with Crippen LogP contribution in [0, 0.1) is 5.82 Å². The maximum atomic E-state index is 14.0. The highest BCUT2D eigenvalue weighted by molar-refractivity contribution is 14.0. The molecule has 0 aromatic heterocycles. The second-order valence-electron chi connectivity index (χ2n) is 6.14. The molecule has 0 unspecified atom stereocenters. The van der Waals surface area contributed by atoms with E-state index in [9.17, 15) is 4.39 Å². The van der Waals surface area contributed by atoms with E-state index in [1.807, 2.05) is 24.3 Å². The van der Waals surface area contributed by atoms with Gasteiger partial charge in [0.1, 0.15) is 5.82 Å². The van der Waals surface area contributed by atoms with Crippen LogP contribution in [0.5, 0.6) is 0 Å². The normalized spacial score (nSPS) is 15.5.